The van der Waals surface area contributed by atoms with Gasteiger partial charge >= 0.3 is 5.88 Å². The molecule has 1 amide bonds. The number of furan rings is 1. The zero-order valence-corrected chi connectivity index (χ0v) is 11.8. The highest BCUT2D eigenvalue weighted by Gasteiger charge is 2.22. The standard InChI is InChI=1S/C15H16N2O4/c1-10(2)14(11-6-4-3-5-7-11)16-15(18)12-8-9-13(21-12)17(19)20/h3-10,14H,1-2H3,(H,16,18). The second-order valence-electron chi connectivity index (χ2n) is 5.00. The number of benzene rings is 1. The van der Waals surface area contributed by atoms with Gasteiger partial charge in [-0.25, -0.2) is 0 Å². The van der Waals surface area contributed by atoms with Crippen LogP contribution in [-0.2, 0) is 0 Å². The van der Waals surface area contributed by atoms with E-state index in [1.807, 2.05) is 44.2 Å². The van der Waals surface area contributed by atoms with E-state index in [0.29, 0.717) is 0 Å². The fourth-order valence-corrected chi connectivity index (χ4v) is 2.06. The molecule has 1 atom stereocenters. The SMILES string of the molecule is CC(C)C(NC(=O)c1ccc([N+](=O)[O-])o1)c1ccccc1. The van der Waals surface area contributed by atoms with E-state index in [1.165, 1.54) is 12.1 Å². The minimum atomic E-state index is -0.673. The van der Waals surface area contributed by atoms with Gasteiger partial charge in [0.2, 0.25) is 0 Å². The Morgan fingerprint density at radius 3 is 2.38 bits per heavy atom. The number of nitro groups is 1. The summed E-state index contributed by atoms with van der Waals surface area (Å²) in [7, 11) is 0. The zero-order valence-electron chi connectivity index (χ0n) is 11.8. The molecule has 0 aliphatic heterocycles. The van der Waals surface area contributed by atoms with Gasteiger partial charge in [0.15, 0.2) is 5.76 Å². The molecule has 2 rings (SSSR count). The minimum Gasteiger partial charge on any atom is -0.395 e. The third-order valence-electron chi connectivity index (χ3n) is 3.11. The van der Waals surface area contributed by atoms with Crippen LogP contribution in [0.4, 0.5) is 5.88 Å². The third-order valence-corrected chi connectivity index (χ3v) is 3.11. The lowest BCUT2D eigenvalue weighted by Crippen LogP contribution is -2.31. The maximum absolute atomic E-state index is 12.1. The van der Waals surface area contributed by atoms with Crippen LogP contribution in [0, 0.1) is 16.0 Å². The van der Waals surface area contributed by atoms with Gasteiger partial charge in [0.05, 0.1) is 12.1 Å². The van der Waals surface area contributed by atoms with Gasteiger partial charge in [-0.2, -0.15) is 0 Å². The second-order valence-corrected chi connectivity index (χ2v) is 5.00. The van der Waals surface area contributed by atoms with Crippen LogP contribution >= 0.6 is 0 Å². The molecule has 0 radical (unpaired) electrons. The molecule has 0 aliphatic rings. The number of amides is 1. The van der Waals surface area contributed by atoms with Crippen LogP contribution < -0.4 is 5.32 Å². The Morgan fingerprint density at radius 1 is 1.19 bits per heavy atom. The molecule has 21 heavy (non-hydrogen) atoms. The van der Waals surface area contributed by atoms with Gasteiger partial charge < -0.3 is 9.73 Å². The fraction of sp³-hybridized carbons (Fsp3) is 0.267. The zero-order chi connectivity index (χ0) is 15.4. The number of nitrogens with zero attached hydrogens (tertiary/aromatic N) is 1. The quantitative estimate of drug-likeness (QED) is 0.675. The van der Waals surface area contributed by atoms with E-state index < -0.39 is 16.7 Å². The van der Waals surface area contributed by atoms with Gasteiger partial charge in [0.25, 0.3) is 5.91 Å². The summed E-state index contributed by atoms with van der Waals surface area (Å²) in [6.07, 6.45) is 0. The normalized spacial score (nSPS) is 12.1. The van der Waals surface area contributed by atoms with Crippen molar-refractivity contribution in [3.05, 3.63) is 63.9 Å². The van der Waals surface area contributed by atoms with E-state index in [1.54, 1.807) is 0 Å². The first-order valence-corrected chi connectivity index (χ1v) is 6.59. The second kappa shape index (κ2) is 6.21. The van der Waals surface area contributed by atoms with Gasteiger partial charge in [0.1, 0.15) is 4.92 Å². The number of hydrogen-bond acceptors (Lipinski definition) is 4. The molecular formula is C15H16N2O4. The van der Waals surface area contributed by atoms with Gasteiger partial charge in [-0.3, -0.25) is 14.9 Å². The molecule has 1 heterocycles. The van der Waals surface area contributed by atoms with Crippen molar-refractivity contribution in [1.29, 1.82) is 0 Å². The summed E-state index contributed by atoms with van der Waals surface area (Å²) in [5, 5.41) is 13.4. The van der Waals surface area contributed by atoms with Crippen molar-refractivity contribution in [2.45, 2.75) is 19.9 Å². The largest absolute Gasteiger partial charge is 0.433 e. The van der Waals surface area contributed by atoms with Gasteiger partial charge in [-0.05, 0) is 17.5 Å². The van der Waals surface area contributed by atoms with E-state index in [9.17, 15) is 14.9 Å². The number of carbonyl (C=O) groups is 1. The van der Waals surface area contributed by atoms with Gasteiger partial charge in [-0.15, -0.1) is 0 Å². The molecule has 0 aliphatic carbocycles. The Balaban J connectivity index is 2.17. The molecular weight excluding hydrogens is 272 g/mol. The third kappa shape index (κ3) is 3.47. The first-order valence-electron chi connectivity index (χ1n) is 6.59. The molecule has 1 aromatic heterocycles. The molecule has 0 spiro atoms. The predicted octanol–water partition coefficient (Wildman–Crippen LogP) is 3.31. The number of rotatable bonds is 5. The molecule has 0 saturated heterocycles. The van der Waals surface area contributed by atoms with Crippen LogP contribution in [0.25, 0.3) is 0 Å². The van der Waals surface area contributed by atoms with Crippen LogP contribution in [0.3, 0.4) is 0 Å². The maximum Gasteiger partial charge on any atom is 0.433 e. The van der Waals surface area contributed by atoms with Crippen LogP contribution in [-0.4, -0.2) is 10.8 Å². The summed E-state index contributed by atoms with van der Waals surface area (Å²) in [5.74, 6) is -0.809. The highest BCUT2D eigenvalue weighted by Crippen LogP contribution is 2.23. The highest BCUT2D eigenvalue weighted by molar-refractivity contribution is 5.92. The minimum absolute atomic E-state index is 0.0664. The van der Waals surface area contributed by atoms with Crippen LogP contribution in [0.15, 0.2) is 46.9 Å². The lowest BCUT2D eigenvalue weighted by Gasteiger charge is -2.22. The first kappa shape index (κ1) is 14.8. The fourth-order valence-electron chi connectivity index (χ4n) is 2.06. The summed E-state index contributed by atoms with van der Waals surface area (Å²) in [6.45, 7) is 3.98. The average Bonchev–Trinajstić information content (AvgIpc) is 2.95. The summed E-state index contributed by atoms with van der Waals surface area (Å²) in [5.41, 5.74) is 0.974. The van der Waals surface area contributed by atoms with Crippen molar-refractivity contribution in [1.82, 2.24) is 5.32 Å². The molecule has 0 fully saturated rings. The van der Waals surface area contributed by atoms with Crippen LogP contribution in [0.2, 0.25) is 0 Å². The highest BCUT2D eigenvalue weighted by atomic mass is 16.6. The Kier molecular flexibility index (Phi) is 4.37. The Bertz CT molecular complexity index is 634. The van der Waals surface area contributed by atoms with Crippen molar-refractivity contribution < 1.29 is 14.1 Å². The van der Waals surface area contributed by atoms with Gasteiger partial charge in [0, 0.05) is 0 Å². The Morgan fingerprint density at radius 2 is 1.86 bits per heavy atom. The lowest BCUT2D eigenvalue weighted by atomic mass is 9.96. The molecule has 6 heteroatoms. The summed E-state index contributed by atoms with van der Waals surface area (Å²) >= 11 is 0. The molecule has 6 nitrogen and oxygen atoms in total. The lowest BCUT2D eigenvalue weighted by molar-refractivity contribution is -0.402. The molecule has 0 saturated carbocycles. The summed E-state index contributed by atoms with van der Waals surface area (Å²) < 4.78 is 4.91. The predicted molar refractivity (Wildman–Crippen MR) is 76.8 cm³/mol. The van der Waals surface area contributed by atoms with E-state index in [-0.39, 0.29) is 17.7 Å². The number of carbonyl (C=O) groups excluding carboxylic acids is 1. The molecule has 110 valence electrons. The molecule has 2 aromatic rings. The van der Waals surface area contributed by atoms with Crippen molar-refractivity contribution in [3.8, 4) is 0 Å². The Labute approximate surface area is 121 Å². The number of hydrogen-bond donors (Lipinski definition) is 1. The first-order chi connectivity index (χ1) is 9.99. The van der Waals surface area contributed by atoms with Gasteiger partial charge in [-0.1, -0.05) is 44.2 Å². The molecule has 0 bridgehead atoms. The van der Waals surface area contributed by atoms with E-state index >= 15 is 0 Å². The van der Waals surface area contributed by atoms with Crippen LogP contribution in [0.1, 0.15) is 36.0 Å². The monoisotopic (exact) mass is 288 g/mol. The van der Waals surface area contributed by atoms with Crippen molar-refractivity contribution in [2.75, 3.05) is 0 Å². The molecule has 1 unspecified atom stereocenters. The average molecular weight is 288 g/mol. The number of nitrogens with one attached hydrogen (secondary N) is 1. The van der Waals surface area contributed by atoms with E-state index in [0.717, 1.165) is 5.56 Å². The van der Waals surface area contributed by atoms with Crippen molar-refractivity contribution >= 4 is 11.8 Å². The smallest absolute Gasteiger partial charge is 0.395 e. The van der Waals surface area contributed by atoms with E-state index in [4.69, 9.17) is 4.42 Å². The molecule has 1 aromatic carbocycles. The van der Waals surface area contributed by atoms with Crippen molar-refractivity contribution in [3.63, 3.8) is 0 Å². The Hall–Kier alpha value is -2.63. The van der Waals surface area contributed by atoms with Crippen LogP contribution in [0.5, 0.6) is 0 Å². The maximum atomic E-state index is 12.1. The van der Waals surface area contributed by atoms with Crippen molar-refractivity contribution in [2.24, 2.45) is 5.92 Å². The molecule has 1 N–H and O–H groups in total. The summed E-state index contributed by atoms with van der Waals surface area (Å²) in [6, 6.07) is 11.8. The van der Waals surface area contributed by atoms with E-state index in [2.05, 4.69) is 5.32 Å². The summed E-state index contributed by atoms with van der Waals surface area (Å²) in [4.78, 5) is 22.0. The topological polar surface area (TPSA) is 85.4 Å².